The third-order valence-electron chi connectivity index (χ3n) is 3.64. The van der Waals surface area contributed by atoms with Gasteiger partial charge in [0.2, 0.25) is 0 Å². The number of alkyl halides is 1. The van der Waals surface area contributed by atoms with Crippen LogP contribution in [0.1, 0.15) is 24.1 Å². The van der Waals surface area contributed by atoms with Crippen LogP contribution in [0.15, 0.2) is 29.6 Å². The minimum absolute atomic E-state index is 0.486. The number of thiazole rings is 1. The lowest BCUT2D eigenvalue weighted by molar-refractivity contribution is 0.313. The summed E-state index contributed by atoms with van der Waals surface area (Å²) in [6.45, 7) is 2.20. The van der Waals surface area contributed by atoms with Crippen LogP contribution < -0.4 is 0 Å². The van der Waals surface area contributed by atoms with E-state index < -0.39 is 0 Å². The largest absolute Gasteiger partial charge is 0.302 e. The van der Waals surface area contributed by atoms with Crippen molar-refractivity contribution in [1.82, 2.24) is 9.88 Å². The molecule has 1 saturated carbocycles. The van der Waals surface area contributed by atoms with Gasteiger partial charge in [0.05, 0.1) is 11.6 Å². The summed E-state index contributed by atoms with van der Waals surface area (Å²) in [4.78, 5) is 7.03. The SMILES string of the molecule is CN(Cc1ccccc1-c1nc(CCl)cs1)CC1CC1. The zero-order valence-corrected chi connectivity index (χ0v) is 13.3. The van der Waals surface area contributed by atoms with Crippen LogP contribution in [-0.4, -0.2) is 23.5 Å². The van der Waals surface area contributed by atoms with Gasteiger partial charge in [-0.15, -0.1) is 22.9 Å². The number of aromatic nitrogens is 1. The summed E-state index contributed by atoms with van der Waals surface area (Å²) < 4.78 is 0. The van der Waals surface area contributed by atoms with E-state index in [2.05, 4.69) is 41.2 Å². The summed E-state index contributed by atoms with van der Waals surface area (Å²) in [5, 5.41) is 3.13. The highest BCUT2D eigenvalue weighted by Gasteiger charge is 2.23. The highest BCUT2D eigenvalue weighted by Crippen LogP contribution is 2.31. The Hall–Kier alpha value is -0.900. The van der Waals surface area contributed by atoms with E-state index in [9.17, 15) is 0 Å². The lowest BCUT2D eigenvalue weighted by Gasteiger charge is -2.18. The van der Waals surface area contributed by atoms with E-state index in [0.29, 0.717) is 5.88 Å². The topological polar surface area (TPSA) is 16.1 Å². The molecular weight excluding hydrogens is 288 g/mol. The Labute approximate surface area is 129 Å². The molecule has 106 valence electrons. The maximum atomic E-state index is 5.85. The highest BCUT2D eigenvalue weighted by molar-refractivity contribution is 7.13. The summed E-state index contributed by atoms with van der Waals surface area (Å²) in [5.41, 5.74) is 3.57. The Kier molecular flexibility index (Phi) is 4.39. The van der Waals surface area contributed by atoms with Gasteiger partial charge >= 0.3 is 0 Å². The van der Waals surface area contributed by atoms with Crippen LogP contribution in [0.5, 0.6) is 0 Å². The van der Waals surface area contributed by atoms with Crippen molar-refractivity contribution >= 4 is 22.9 Å². The molecule has 1 aliphatic carbocycles. The van der Waals surface area contributed by atoms with Gasteiger partial charge in [-0.25, -0.2) is 4.98 Å². The summed E-state index contributed by atoms with van der Waals surface area (Å²) in [6.07, 6.45) is 2.80. The zero-order chi connectivity index (χ0) is 13.9. The van der Waals surface area contributed by atoms with Crippen molar-refractivity contribution in [3.05, 3.63) is 40.9 Å². The average molecular weight is 307 g/mol. The number of hydrogen-bond donors (Lipinski definition) is 0. The van der Waals surface area contributed by atoms with Crippen molar-refractivity contribution < 1.29 is 0 Å². The second-order valence-corrected chi connectivity index (χ2v) is 6.70. The molecule has 0 N–H and O–H groups in total. The quantitative estimate of drug-likeness (QED) is 0.736. The predicted molar refractivity (Wildman–Crippen MR) is 86.2 cm³/mol. The Balaban J connectivity index is 1.79. The van der Waals surface area contributed by atoms with E-state index in [1.807, 2.05) is 5.38 Å². The van der Waals surface area contributed by atoms with E-state index in [-0.39, 0.29) is 0 Å². The van der Waals surface area contributed by atoms with Crippen molar-refractivity contribution in [3.63, 3.8) is 0 Å². The summed E-state index contributed by atoms with van der Waals surface area (Å²) >= 11 is 7.53. The predicted octanol–water partition coefficient (Wildman–Crippen LogP) is 4.39. The Morgan fingerprint density at radius 1 is 1.35 bits per heavy atom. The molecular formula is C16H19ClN2S. The average Bonchev–Trinajstić information content (AvgIpc) is 3.13. The van der Waals surface area contributed by atoms with Gasteiger partial charge in [-0.3, -0.25) is 0 Å². The molecule has 0 bridgehead atoms. The summed E-state index contributed by atoms with van der Waals surface area (Å²) in [6, 6.07) is 8.57. The van der Waals surface area contributed by atoms with E-state index in [4.69, 9.17) is 11.6 Å². The molecule has 2 nitrogen and oxygen atoms in total. The van der Waals surface area contributed by atoms with Gasteiger partial charge in [-0.2, -0.15) is 0 Å². The van der Waals surface area contributed by atoms with Gasteiger partial charge < -0.3 is 4.90 Å². The number of halogens is 1. The van der Waals surface area contributed by atoms with Gasteiger partial charge in [0, 0.05) is 24.0 Å². The molecule has 1 heterocycles. The second kappa shape index (κ2) is 6.25. The van der Waals surface area contributed by atoms with E-state index in [1.54, 1.807) is 11.3 Å². The standard InChI is InChI=1S/C16H19ClN2S/c1-19(9-12-6-7-12)10-13-4-2-3-5-15(13)16-18-14(8-17)11-20-16/h2-5,11-12H,6-10H2,1H3. The number of benzene rings is 1. The molecule has 1 aromatic carbocycles. The molecule has 20 heavy (non-hydrogen) atoms. The number of hydrogen-bond acceptors (Lipinski definition) is 3. The molecule has 3 rings (SSSR count). The molecule has 2 aromatic rings. The smallest absolute Gasteiger partial charge is 0.123 e. The van der Waals surface area contributed by atoms with Gasteiger partial charge in [0.15, 0.2) is 0 Å². The van der Waals surface area contributed by atoms with Crippen LogP contribution in [0.2, 0.25) is 0 Å². The van der Waals surface area contributed by atoms with E-state index >= 15 is 0 Å². The highest BCUT2D eigenvalue weighted by atomic mass is 35.5. The fraction of sp³-hybridized carbons (Fsp3) is 0.438. The zero-order valence-electron chi connectivity index (χ0n) is 11.7. The van der Waals surface area contributed by atoms with Crippen LogP contribution in [0.3, 0.4) is 0 Å². The van der Waals surface area contributed by atoms with Gasteiger partial charge in [-0.1, -0.05) is 24.3 Å². The lowest BCUT2D eigenvalue weighted by Crippen LogP contribution is -2.20. The van der Waals surface area contributed by atoms with Crippen molar-refractivity contribution in [3.8, 4) is 10.6 Å². The maximum absolute atomic E-state index is 5.85. The van der Waals surface area contributed by atoms with Crippen LogP contribution in [0.4, 0.5) is 0 Å². The third kappa shape index (κ3) is 3.40. The van der Waals surface area contributed by atoms with E-state index in [1.165, 1.54) is 30.5 Å². The van der Waals surface area contributed by atoms with Crippen LogP contribution in [0, 0.1) is 5.92 Å². The number of nitrogens with zero attached hydrogens (tertiary/aromatic N) is 2. The minimum atomic E-state index is 0.486. The third-order valence-corrected chi connectivity index (χ3v) is 4.84. The first-order chi connectivity index (χ1) is 9.76. The maximum Gasteiger partial charge on any atom is 0.123 e. The van der Waals surface area contributed by atoms with Crippen molar-refractivity contribution in [1.29, 1.82) is 0 Å². The molecule has 4 heteroatoms. The number of rotatable bonds is 6. The minimum Gasteiger partial charge on any atom is -0.302 e. The monoisotopic (exact) mass is 306 g/mol. The van der Waals surface area contributed by atoms with Crippen LogP contribution in [0.25, 0.3) is 10.6 Å². The molecule has 0 atom stereocenters. The summed E-state index contributed by atoms with van der Waals surface area (Å²) in [5.74, 6) is 1.41. The van der Waals surface area contributed by atoms with E-state index in [0.717, 1.165) is 23.2 Å². The van der Waals surface area contributed by atoms with Gasteiger partial charge in [-0.05, 0) is 31.4 Å². The fourth-order valence-electron chi connectivity index (χ4n) is 2.46. The van der Waals surface area contributed by atoms with Crippen molar-refractivity contribution in [2.45, 2.75) is 25.3 Å². The first-order valence-electron chi connectivity index (χ1n) is 7.03. The molecule has 0 aliphatic heterocycles. The molecule has 0 amide bonds. The van der Waals surface area contributed by atoms with Gasteiger partial charge in [0.25, 0.3) is 0 Å². The normalized spacial score (nSPS) is 14.9. The van der Waals surface area contributed by atoms with Crippen LogP contribution >= 0.6 is 22.9 Å². The van der Waals surface area contributed by atoms with Crippen molar-refractivity contribution in [2.24, 2.45) is 5.92 Å². The van der Waals surface area contributed by atoms with Crippen molar-refractivity contribution in [2.75, 3.05) is 13.6 Å². The fourth-order valence-corrected chi connectivity index (χ4v) is 3.56. The Morgan fingerprint density at radius 2 is 2.15 bits per heavy atom. The molecule has 0 unspecified atom stereocenters. The Bertz CT molecular complexity index is 577. The molecule has 1 aromatic heterocycles. The molecule has 1 fully saturated rings. The Morgan fingerprint density at radius 3 is 2.85 bits per heavy atom. The first-order valence-corrected chi connectivity index (χ1v) is 8.45. The lowest BCUT2D eigenvalue weighted by atomic mass is 10.1. The molecule has 0 radical (unpaired) electrons. The van der Waals surface area contributed by atoms with Crippen LogP contribution in [-0.2, 0) is 12.4 Å². The molecule has 0 saturated heterocycles. The summed E-state index contributed by atoms with van der Waals surface area (Å²) in [7, 11) is 2.21. The molecule has 0 spiro atoms. The second-order valence-electron chi connectivity index (χ2n) is 5.57. The molecule has 1 aliphatic rings. The van der Waals surface area contributed by atoms with Gasteiger partial charge in [0.1, 0.15) is 5.01 Å². The first kappa shape index (κ1) is 14.1.